The number of likely N-dealkylation sites (tertiary alicyclic amines) is 1. The highest BCUT2D eigenvalue weighted by Gasteiger charge is 2.33. The standard InChI is InChI=1S/C25H31ClN6O4S/c1-16-13-24(30-11-8-18(33)9-12-30)32-23(27-16)15-21(28-32)22-5-3-4-10-31(22)25(34)19-14-17(26)6-7-20(19)29-37(2,35)36/h6-7,13-15,18,22,29,33H,3-5,8-12H2,1-2H3. The van der Waals surface area contributed by atoms with Crippen molar-refractivity contribution in [2.75, 3.05) is 35.5 Å². The number of anilines is 2. The van der Waals surface area contributed by atoms with Gasteiger partial charge in [-0.2, -0.15) is 9.61 Å². The van der Waals surface area contributed by atoms with E-state index in [-0.39, 0.29) is 29.3 Å². The summed E-state index contributed by atoms with van der Waals surface area (Å²) in [5.41, 5.74) is 2.71. The monoisotopic (exact) mass is 546 g/mol. The van der Waals surface area contributed by atoms with Gasteiger partial charge in [0.2, 0.25) is 10.0 Å². The molecule has 2 saturated heterocycles. The topological polar surface area (TPSA) is 120 Å². The number of hydrogen-bond donors (Lipinski definition) is 2. The van der Waals surface area contributed by atoms with E-state index in [2.05, 4.69) is 14.6 Å². The van der Waals surface area contributed by atoms with Crippen LogP contribution in [0.1, 0.15) is 59.9 Å². The second-order valence-corrected chi connectivity index (χ2v) is 12.1. The summed E-state index contributed by atoms with van der Waals surface area (Å²) in [5.74, 6) is 0.619. The molecule has 3 aromatic rings. The number of aromatic nitrogens is 3. The van der Waals surface area contributed by atoms with Gasteiger partial charge in [0, 0.05) is 42.5 Å². The Morgan fingerprint density at radius 2 is 1.86 bits per heavy atom. The number of benzene rings is 1. The predicted molar refractivity (Wildman–Crippen MR) is 143 cm³/mol. The molecule has 1 aromatic carbocycles. The van der Waals surface area contributed by atoms with Crippen LogP contribution in [0.5, 0.6) is 0 Å². The third-order valence-electron chi connectivity index (χ3n) is 6.96. The molecule has 2 fully saturated rings. The van der Waals surface area contributed by atoms with Crippen LogP contribution in [-0.2, 0) is 10.0 Å². The van der Waals surface area contributed by atoms with Crippen molar-refractivity contribution in [3.63, 3.8) is 0 Å². The normalized spacial score (nSPS) is 19.4. The Morgan fingerprint density at radius 1 is 1.11 bits per heavy atom. The first-order valence-corrected chi connectivity index (χ1v) is 14.7. The molecule has 1 unspecified atom stereocenters. The van der Waals surface area contributed by atoms with Gasteiger partial charge in [0.1, 0.15) is 5.82 Å². The Bertz CT molecular complexity index is 1430. The van der Waals surface area contributed by atoms with E-state index >= 15 is 0 Å². The molecule has 10 nitrogen and oxygen atoms in total. The van der Waals surface area contributed by atoms with E-state index in [1.807, 2.05) is 23.6 Å². The van der Waals surface area contributed by atoms with E-state index in [1.54, 1.807) is 11.0 Å². The molecule has 1 atom stereocenters. The van der Waals surface area contributed by atoms with Crippen molar-refractivity contribution in [1.82, 2.24) is 19.5 Å². The molecule has 12 heteroatoms. The highest BCUT2D eigenvalue weighted by Crippen LogP contribution is 2.35. The third-order valence-corrected chi connectivity index (χ3v) is 7.78. The SMILES string of the molecule is Cc1cc(N2CCC(O)CC2)n2nc(C3CCCCN3C(=O)c3cc(Cl)ccc3NS(C)(=O)=O)cc2n1. The molecule has 198 valence electrons. The zero-order chi connectivity index (χ0) is 26.3. The number of aryl methyl sites for hydroxylation is 1. The molecule has 0 aliphatic carbocycles. The molecule has 0 saturated carbocycles. The number of aliphatic hydroxyl groups is 1. The molecule has 5 rings (SSSR count). The maximum atomic E-state index is 13.8. The van der Waals surface area contributed by atoms with Crippen LogP contribution in [0.3, 0.4) is 0 Å². The van der Waals surface area contributed by atoms with Gasteiger partial charge >= 0.3 is 0 Å². The van der Waals surface area contributed by atoms with Gasteiger partial charge in [-0.15, -0.1) is 0 Å². The smallest absolute Gasteiger partial charge is 0.256 e. The molecule has 2 aromatic heterocycles. The summed E-state index contributed by atoms with van der Waals surface area (Å²) in [6.45, 7) is 3.92. The first-order chi connectivity index (χ1) is 17.6. The summed E-state index contributed by atoms with van der Waals surface area (Å²) in [5, 5.41) is 15.2. The number of carbonyl (C=O) groups is 1. The Balaban J connectivity index is 1.51. The Morgan fingerprint density at radius 3 is 2.59 bits per heavy atom. The maximum absolute atomic E-state index is 13.8. The number of nitrogens with zero attached hydrogens (tertiary/aromatic N) is 5. The Labute approximate surface area is 221 Å². The van der Waals surface area contributed by atoms with E-state index in [0.717, 1.165) is 55.8 Å². The number of hydrogen-bond acceptors (Lipinski definition) is 7. The molecule has 2 aliphatic heterocycles. The van der Waals surface area contributed by atoms with Crippen LogP contribution >= 0.6 is 11.6 Å². The average molecular weight is 547 g/mol. The molecule has 37 heavy (non-hydrogen) atoms. The quantitative estimate of drug-likeness (QED) is 0.503. The van der Waals surface area contributed by atoms with Gasteiger partial charge in [0.25, 0.3) is 5.91 Å². The number of halogens is 1. The fraction of sp³-hybridized carbons (Fsp3) is 0.480. The molecule has 2 N–H and O–H groups in total. The highest BCUT2D eigenvalue weighted by molar-refractivity contribution is 7.92. The lowest BCUT2D eigenvalue weighted by molar-refractivity contribution is 0.0607. The number of fused-ring (bicyclic) bond motifs is 1. The molecular formula is C25H31ClN6O4S. The van der Waals surface area contributed by atoms with E-state index in [1.165, 1.54) is 12.1 Å². The van der Waals surface area contributed by atoms with Crippen molar-refractivity contribution >= 4 is 44.7 Å². The second kappa shape index (κ2) is 10.1. The predicted octanol–water partition coefficient (Wildman–Crippen LogP) is 3.39. The number of piperidine rings is 2. The van der Waals surface area contributed by atoms with E-state index in [4.69, 9.17) is 16.7 Å². The van der Waals surface area contributed by atoms with Crippen molar-refractivity contribution in [3.05, 3.63) is 52.3 Å². The van der Waals surface area contributed by atoms with Crippen LogP contribution in [0.15, 0.2) is 30.3 Å². The first kappa shape index (κ1) is 25.7. The minimum absolute atomic E-state index is 0.197. The van der Waals surface area contributed by atoms with Gasteiger partial charge in [-0.3, -0.25) is 9.52 Å². The lowest BCUT2D eigenvalue weighted by Crippen LogP contribution is -2.39. The van der Waals surface area contributed by atoms with Crippen molar-refractivity contribution in [1.29, 1.82) is 0 Å². The highest BCUT2D eigenvalue weighted by atomic mass is 35.5. The summed E-state index contributed by atoms with van der Waals surface area (Å²) in [4.78, 5) is 22.5. The summed E-state index contributed by atoms with van der Waals surface area (Å²) in [6.07, 6.45) is 4.68. The Hall–Kier alpha value is -2.89. The fourth-order valence-corrected chi connectivity index (χ4v) is 5.95. The lowest BCUT2D eigenvalue weighted by Gasteiger charge is -2.35. The molecule has 0 spiro atoms. The second-order valence-electron chi connectivity index (χ2n) is 9.89. The van der Waals surface area contributed by atoms with Crippen molar-refractivity contribution in [2.24, 2.45) is 0 Å². The van der Waals surface area contributed by atoms with Gasteiger partial charge in [-0.05, 0) is 57.2 Å². The molecule has 0 bridgehead atoms. The molecule has 0 radical (unpaired) electrons. The van der Waals surface area contributed by atoms with E-state index in [9.17, 15) is 18.3 Å². The van der Waals surface area contributed by atoms with E-state index in [0.29, 0.717) is 30.1 Å². The summed E-state index contributed by atoms with van der Waals surface area (Å²) in [7, 11) is -3.59. The van der Waals surface area contributed by atoms with Crippen molar-refractivity contribution < 1.29 is 18.3 Å². The fourth-order valence-electron chi connectivity index (χ4n) is 5.20. The first-order valence-electron chi connectivity index (χ1n) is 12.5. The number of nitrogens with one attached hydrogen (secondary N) is 1. The van der Waals surface area contributed by atoms with Gasteiger partial charge in [-0.1, -0.05) is 11.6 Å². The lowest BCUT2D eigenvalue weighted by atomic mass is 9.98. The van der Waals surface area contributed by atoms with Crippen LogP contribution in [0, 0.1) is 6.92 Å². The van der Waals surface area contributed by atoms with Gasteiger partial charge in [0.15, 0.2) is 5.65 Å². The van der Waals surface area contributed by atoms with Gasteiger partial charge < -0.3 is 14.9 Å². The minimum Gasteiger partial charge on any atom is -0.393 e. The van der Waals surface area contributed by atoms with Gasteiger partial charge in [0.05, 0.1) is 35.3 Å². The zero-order valence-electron chi connectivity index (χ0n) is 20.9. The summed E-state index contributed by atoms with van der Waals surface area (Å²) in [6, 6.07) is 8.20. The van der Waals surface area contributed by atoms with E-state index < -0.39 is 10.0 Å². The van der Waals surface area contributed by atoms with Crippen LogP contribution in [0.25, 0.3) is 5.65 Å². The molecule has 1 amide bonds. The van der Waals surface area contributed by atoms with Crippen LogP contribution in [0.2, 0.25) is 5.02 Å². The summed E-state index contributed by atoms with van der Waals surface area (Å²) >= 11 is 6.20. The van der Waals surface area contributed by atoms with Crippen LogP contribution in [0.4, 0.5) is 11.5 Å². The minimum atomic E-state index is -3.59. The maximum Gasteiger partial charge on any atom is 0.256 e. The largest absolute Gasteiger partial charge is 0.393 e. The number of rotatable bonds is 5. The number of amides is 1. The Kier molecular flexibility index (Phi) is 7.03. The number of carbonyl (C=O) groups excluding carboxylic acids is 1. The third kappa shape index (κ3) is 5.53. The van der Waals surface area contributed by atoms with Crippen molar-refractivity contribution in [2.45, 2.75) is 51.2 Å². The molecule has 2 aliphatic rings. The van der Waals surface area contributed by atoms with Crippen LogP contribution < -0.4 is 9.62 Å². The number of sulfonamides is 1. The zero-order valence-corrected chi connectivity index (χ0v) is 22.5. The summed E-state index contributed by atoms with van der Waals surface area (Å²) < 4.78 is 28.1. The number of aliphatic hydroxyl groups excluding tert-OH is 1. The van der Waals surface area contributed by atoms with Crippen LogP contribution in [-0.4, -0.2) is 70.9 Å². The average Bonchev–Trinajstić information content (AvgIpc) is 3.28. The van der Waals surface area contributed by atoms with Gasteiger partial charge in [-0.25, -0.2) is 13.4 Å². The molecular weight excluding hydrogens is 516 g/mol. The van der Waals surface area contributed by atoms with Crippen molar-refractivity contribution in [3.8, 4) is 0 Å². The molecule has 4 heterocycles.